The molecule has 2 aromatic carbocycles. The van der Waals surface area contributed by atoms with Crippen LogP contribution in [-0.4, -0.2) is 14.8 Å². The molecule has 0 N–H and O–H groups in total. The van der Waals surface area contributed by atoms with Crippen LogP contribution in [0.5, 0.6) is 0 Å². The molecule has 0 aliphatic carbocycles. The fraction of sp³-hybridized carbons (Fsp3) is 0.111. The molecular formula is C18H14ClN3. The van der Waals surface area contributed by atoms with Crippen LogP contribution in [0.2, 0.25) is 5.02 Å². The Morgan fingerprint density at radius 2 is 1.73 bits per heavy atom. The second kappa shape index (κ2) is 6.05. The van der Waals surface area contributed by atoms with Crippen molar-refractivity contribution in [1.29, 1.82) is 0 Å². The largest absolute Gasteiger partial charge is 0.237 e. The molecule has 3 aromatic rings. The molecule has 4 heteroatoms. The third kappa shape index (κ3) is 2.38. The average Bonchev–Trinajstić information content (AvgIpc) is 3.09. The molecule has 0 fully saturated rings. The Hall–Kier alpha value is -2.57. The molecule has 0 saturated carbocycles. The van der Waals surface area contributed by atoms with Gasteiger partial charge in [-0.25, -0.2) is 9.67 Å². The molecule has 0 radical (unpaired) electrons. The number of terminal acetylenes is 1. The minimum atomic E-state index is -0.600. The molecule has 1 heterocycles. The summed E-state index contributed by atoms with van der Waals surface area (Å²) in [6.45, 7) is 0. The molecule has 0 aliphatic rings. The molecule has 0 aliphatic heterocycles. The second-order valence-corrected chi connectivity index (χ2v) is 5.39. The van der Waals surface area contributed by atoms with E-state index in [4.69, 9.17) is 18.0 Å². The van der Waals surface area contributed by atoms with Gasteiger partial charge in [-0.15, -0.1) is 12.3 Å². The van der Waals surface area contributed by atoms with Gasteiger partial charge in [-0.1, -0.05) is 54.1 Å². The predicted octanol–water partition coefficient (Wildman–Crippen LogP) is 3.75. The quantitative estimate of drug-likeness (QED) is 0.687. The smallest absolute Gasteiger partial charge is 0.137 e. The molecule has 1 atom stereocenters. The van der Waals surface area contributed by atoms with Crippen LogP contribution in [0.3, 0.4) is 0 Å². The van der Waals surface area contributed by atoms with E-state index in [-0.39, 0.29) is 0 Å². The van der Waals surface area contributed by atoms with E-state index in [1.54, 1.807) is 6.33 Å². The molecular weight excluding hydrogens is 294 g/mol. The topological polar surface area (TPSA) is 30.7 Å². The zero-order chi connectivity index (χ0) is 15.4. The van der Waals surface area contributed by atoms with Crippen LogP contribution < -0.4 is 0 Å². The Balaban J connectivity index is 2.29. The number of rotatable bonds is 4. The van der Waals surface area contributed by atoms with Gasteiger partial charge in [0.25, 0.3) is 0 Å². The van der Waals surface area contributed by atoms with Crippen molar-refractivity contribution in [2.24, 2.45) is 0 Å². The van der Waals surface area contributed by atoms with Gasteiger partial charge < -0.3 is 0 Å². The van der Waals surface area contributed by atoms with Crippen molar-refractivity contribution in [2.75, 3.05) is 0 Å². The number of nitrogens with zero attached hydrogens (tertiary/aromatic N) is 3. The third-order valence-electron chi connectivity index (χ3n) is 3.74. The number of hydrogen-bond acceptors (Lipinski definition) is 2. The van der Waals surface area contributed by atoms with Crippen molar-refractivity contribution in [3.63, 3.8) is 0 Å². The highest BCUT2D eigenvalue weighted by Crippen LogP contribution is 2.36. The Morgan fingerprint density at radius 3 is 2.32 bits per heavy atom. The summed E-state index contributed by atoms with van der Waals surface area (Å²) in [6, 6.07) is 17.8. The second-order valence-electron chi connectivity index (χ2n) is 4.95. The van der Waals surface area contributed by atoms with Gasteiger partial charge in [0.15, 0.2) is 0 Å². The lowest BCUT2D eigenvalue weighted by atomic mass is 9.80. The van der Waals surface area contributed by atoms with Gasteiger partial charge in [-0.05, 0) is 23.3 Å². The molecule has 1 unspecified atom stereocenters. The first-order chi connectivity index (χ1) is 10.8. The summed E-state index contributed by atoms with van der Waals surface area (Å²) in [4.78, 5) is 4.10. The summed E-state index contributed by atoms with van der Waals surface area (Å²) < 4.78 is 1.81. The summed E-state index contributed by atoms with van der Waals surface area (Å²) in [5.74, 6) is 2.79. The van der Waals surface area contributed by atoms with Crippen LogP contribution in [0.15, 0.2) is 67.3 Å². The van der Waals surface area contributed by atoms with Gasteiger partial charge in [0, 0.05) is 11.4 Å². The van der Waals surface area contributed by atoms with E-state index >= 15 is 0 Å². The summed E-state index contributed by atoms with van der Waals surface area (Å²) in [7, 11) is 0. The monoisotopic (exact) mass is 307 g/mol. The lowest BCUT2D eigenvalue weighted by Gasteiger charge is -2.33. The van der Waals surface area contributed by atoms with Crippen LogP contribution in [0.4, 0.5) is 0 Å². The molecule has 3 nitrogen and oxygen atoms in total. The zero-order valence-electron chi connectivity index (χ0n) is 11.9. The molecule has 1 aromatic heterocycles. The van der Waals surface area contributed by atoms with Gasteiger partial charge in [-0.2, -0.15) is 5.10 Å². The Kier molecular flexibility index (Phi) is 3.95. The summed E-state index contributed by atoms with van der Waals surface area (Å²) >= 11 is 6.03. The summed E-state index contributed by atoms with van der Waals surface area (Å²) in [5.41, 5.74) is 1.48. The number of benzene rings is 2. The molecule has 0 bridgehead atoms. The van der Waals surface area contributed by atoms with E-state index in [0.29, 0.717) is 11.4 Å². The van der Waals surface area contributed by atoms with E-state index in [9.17, 15) is 0 Å². The van der Waals surface area contributed by atoms with Crippen molar-refractivity contribution in [1.82, 2.24) is 14.8 Å². The molecule has 22 heavy (non-hydrogen) atoms. The molecule has 0 amide bonds. The fourth-order valence-corrected chi connectivity index (χ4v) is 2.83. The zero-order valence-corrected chi connectivity index (χ0v) is 12.6. The molecule has 0 spiro atoms. The molecule has 3 rings (SSSR count). The predicted molar refractivity (Wildman–Crippen MR) is 87.5 cm³/mol. The number of halogens is 1. The van der Waals surface area contributed by atoms with E-state index < -0.39 is 5.54 Å². The van der Waals surface area contributed by atoms with E-state index in [1.807, 2.05) is 59.3 Å². The van der Waals surface area contributed by atoms with E-state index in [0.717, 1.165) is 11.1 Å². The minimum absolute atomic E-state index is 0.460. The first-order valence-corrected chi connectivity index (χ1v) is 7.25. The van der Waals surface area contributed by atoms with Crippen LogP contribution in [0.1, 0.15) is 17.5 Å². The minimum Gasteiger partial charge on any atom is -0.237 e. The van der Waals surface area contributed by atoms with Crippen molar-refractivity contribution in [2.45, 2.75) is 12.0 Å². The summed E-state index contributed by atoms with van der Waals surface area (Å²) in [5, 5.41) is 5.04. The van der Waals surface area contributed by atoms with Gasteiger partial charge >= 0.3 is 0 Å². The summed E-state index contributed by atoms with van der Waals surface area (Å²) in [6.07, 6.45) is 9.36. The Labute approximate surface area is 134 Å². The fourth-order valence-electron chi connectivity index (χ4n) is 2.71. The highest BCUT2D eigenvalue weighted by Gasteiger charge is 2.36. The van der Waals surface area contributed by atoms with Gasteiger partial charge in [0.05, 0.1) is 0 Å². The standard InChI is InChI=1S/C18H14ClN3/c1-2-12-18(22-14-20-13-21-22,15-6-4-3-5-7-15)16-8-10-17(19)11-9-16/h1,3-11,13-14H,12H2. The maximum absolute atomic E-state index is 6.03. The average molecular weight is 308 g/mol. The Bertz CT molecular complexity index is 773. The van der Waals surface area contributed by atoms with Gasteiger partial charge in [0.2, 0.25) is 0 Å². The highest BCUT2D eigenvalue weighted by molar-refractivity contribution is 6.30. The lowest BCUT2D eigenvalue weighted by Crippen LogP contribution is -2.36. The van der Waals surface area contributed by atoms with Crippen molar-refractivity contribution >= 4 is 11.6 Å². The molecule has 0 saturated heterocycles. The van der Waals surface area contributed by atoms with E-state index in [2.05, 4.69) is 16.0 Å². The van der Waals surface area contributed by atoms with Crippen molar-refractivity contribution < 1.29 is 0 Å². The SMILES string of the molecule is C#CCC(c1ccccc1)(c1ccc(Cl)cc1)n1cncn1. The van der Waals surface area contributed by atoms with Crippen LogP contribution in [0.25, 0.3) is 0 Å². The van der Waals surface area contributed by atoms with E-state index in [1.165, 1.54) is 6.33 Å². The van der Waals surface area contributed by atoms with Crippen molar-refractivity contribution in [3.8, 4) is 12.3 Å². The van der Waals surface area contributed by atoms with Crippen LogP contribution in [-0.2, 0) is 5.54 Å². The number of aromatic nitrogens is 3. The lowest BCUT2D eigenvalue weighted by molar-refractivity contribution is 0.395. The highest BCUT2D eigenvalue weighted by atomic mass is 35.5. The third-order valence-corrected chi connectivity index (χ3v) is 3.99. The normalized spacial score (nSPS) is 13.3. The number of hydrogen-bond donors (Lipinski definition) is 0. The maximum atomic E-state index is 6.03. The van der Waals surface area contributed by atoms with Gasteiger partial charge in [0.1, 0.15) is 18.2 Å². The first-order valence-electron chi connectivity index (χ1n) is 6.87. The van der Waals surface area contributed by atoms with Crippen LogP contribution >= 0.6 is 11.6 Å². The Morgan fingerprint density at radius 1 is 1.05 bits per heavy atom. The first kappa shape index (κ1) is 14.4. The van der Waals surface area contributed by atoms with Crippen molar-refractivity contribution in [3.05, 3.63) is 83.4 Å². The van der Waals surface area contributed by atoms with Crippen LogP contribution in [0, 0.1) is 12.3 Å². The molecule has 108 valence electrons. The maximum Gasteiger partial charge on any atom is 0.137 e. The van der Waals surface area contributed by atoms with Gasteiger partial charge in [-0.3, -0.25) is 0 Å².